The van der Waals surface area contributed by atoms with Crippen LogP contribution in [0.5, 0.6) is 5.75 Å². The molecule has 0 saturated carbocycles. The molecule has 9 aromatic carbocycles. The summed E-state index contributed by atoms with van der Waals surface area (Å²) < 4.78 is 11.5. The normalized spacial score (nSPS) is 16.1. The average Bonchev–Trinajstić information content (AvgIpc) is 4.09. The molecule has 0 fully saturated rings. The molecule has 0 saturated heterocycles. The third-order valence-corrected chi connectivity index (χ3v) is 14.5. The van der Waals surface area contributed by atoms with Crippen molar-refractivity contribution in [3.63, 3.8) is 0 Å². The van der Waals surface area contributed by atoms with E-state index in [-0.39, 0.29) is 5.92 Å². The van der Waals surface area contributed by atoms with Crippen LogP contribution in [0.2, 0.25) is 0 Å². The monoisotopic (exact) mass is 897 g/mol. The number of aromatic nitrogens is 5. The van der Waals surface area contributed by atoms with Crippen molar-refractivity contribution in [3.05, 3.63) is 254 Å². The van der Waals surface area contributed by atoms with E-state index in [0.717, 1.165) is 61.7 Å². The number of allylic oxidation sites excluding steroid dienone is 4. The molecule has 6 nitrogen and oxygen atoms in total. The molecule has 4 heterocycles. The lowest BCUT2D eigenvalue weighted by Gasteiger charge is -2.33. The lowest BCUT2D eigenvalue weighted by Crippen LogP contribution is -2.33. The minimum absolute atomic E-state index is 0.158. The lowest BCUT2D eigenvalue weighted by atomic mass is 9.70. The zero-order valence-electron chi connectivity index (χ0n) is 38.2. The zero-order chi connectivity index (χ0) is 46.3. The van der Waals surface area contributed by atoms with E-state index in [0.29, 0.717) is 17.5 Å². The van der Waals surface area contributed by atoms with Crippen molar-refractivity contribution in [1.29, 1.82) is 0 Å². The Morgan fingerprint density at radius 1 is 0.414 bits per heavy atom. The third-order valence-electron chi connectivity index (χ3n) is 14.5. The first-order valence-corrected chi connectivity index (χ1v) is 23.9. The first-order valence-electron chi connectivity index (χ1n) is 23.9. The van der Waals surface area contributed by atoms with Crippen LogP contribution in [0.3, 0.4) is 0 Å². The molecule has 0 spiro atoms. The van der Waals surface area contributed by atoms with E-state index in [1.54, 1.807) is 0 Å². The summed E-state index contributed by atoms with van der Waals surface area (Å²) in [4.78, 5) is 15.5. The maximum Gasteiger partial charge on any atom is 0.163 e. The smallest absolute Gasteiger partial charge is 0.163 e. The highest BCUT2D eigenvalue weighted by molar-refractivity contribution is 6.13. The predicted octanol–water partition coefficient (Wildman–Crippen LogP) is 15.6. The number of nitrogens with zero attached hydrogens (tertiary/aromatic N) is 5. The van der Waals surface area contributed by atoms with Gasteiger partial charge in [-0.15, -0.1) is 0 Å². The summed E-state index contributed by atoms with van der Waals surface area (Å²) in [6.45, 7) is 2.23. The summed E-state index contributed by atoms with van der Waals surface area (Å²) in [6.07, 6.45) is 6.39. The van der Waals surface area contributed by atoms with Gasteiger partial charge in [-0.2, -0.15) is 0 Å². The van der Waals surface area contributed by atoms with E-state index in [1.807, 2.05) is 36.4 Å². The molecule has 0 bridgehead atoms. The minimum atomic E-state index is -0.644. The van der Waals surface area contributed by atoms with E-state index >= 15 is 0 Å². The summed E-state index contributed by atoms with van der Waals surface area (Å²) in [5.41, 5.74) is 13.9. The van der Waals surface area contributed by atoms with Gasteiger partial charge in [0, 0.05) is 49.6 Å². The molecule has 2 unspecified atom stereocenters. The second-order valence-electron chi connectivity index (χ2n) is 18.6. The van der Waals surface area contributed by atoms with Gasteiger partial charge in [-0.3, -0.25) is 0 Å². The Morgan fingerprint density at radius 3 is 1.53 bits per heavy atom. The van der Waals surface area contributed by atoms with Crippen LogP contribution < -0.4 is 4.74 Å². The number of fused-ring (bicyclic) bond motifs is 9. The molecular formula is C64H43N5O. The number of benzene rings is 9. The van der Waals surface area contributed by atoms with Crippen molar-refractivity contribution in [2.24, 2.45) is 0 Å². The van der Waals surface area contributed by atoms with E-state index < -0.39 is 5.41 Å². The van der Waals surface area contributed by atoms with Gasteiger partial charge < -0.3 is 13.9 Å². The molecule has 1 aliphatic heterocycles. The standard InChI is InChI=1S/C64H43N5O/c1-64(63-66-61(41-17-6-2-7-18-41)65-62(67-63)42-19-8-3-9-20-42)36-16-27-59-60(64)53-39-45(31-35-58(53)70-59)46-28-32-50-52-38-44(30-34-56(52)69(57(50)40-46)48-23-12-5-13-24-48)43-29-33-55-51(37-43)49-25-14-15-26-54(49)68(55)47-21-10-4-11-22-47/h2-40,60H,1H3. The molecule has 14 rings (SSSR count). The topological polar surface area (TPSA) is 57.8 Å². The van der Waals surface area contributed by atoms with Crippen molar-refractivity contribution in [3.8, 4) is 62.2 Å². The molecule has 2 aliphatic rings. The summed E-state index contributed by atoms with van der Waals surface area (Å²) in [5.74, 6) is 3.56. The van der Waals surface area contributed by atoms with Gasteiger partial charge in [-0.05, 0) is 108 Å². The number of hydrogen-bond acceptors (Lipinski definition) is 4. The molecule has 12 aromatic rings. The quantitative estimate of drug-likeness (QED) is 0.160. The lowest BCUT2D eigenvalue weighted by molar-refractivity contribution is 0.373. The fourth-order valence-corrected chi connectivity index (χ4v) is 11.1. The first kappa shape index (κ1) is 40.0. The Morgan fingerprint density at radius 2 is 0.900 bits per heavy atom. The van der Waals surface area contributed by atoms with Crippen LogP contribution in [0.25, 0.3) is 100 Å². The molecule has 0 radical (unpaired) electrons. The number of rotatable bonds is 7. The maximum atomic E-state index is 6.68. The second kappa shape index (κ2) is 15.7. The van der Waals surface area contributed by atoms with Gasteiger partial charge in [0.05, 0.1) is 33.4 Å². The molecule has 1 aliphatic carbocycles. The minimum Gasteiger partial charge on any atom is -0.461 e. The number of ether oxygens (including phenoxy) is 1. The molecule has 330 valence electrons. The van der Waals surface area contributed by atoms with Gasteiger partial charge in [-0.1, -0.05) is 158 Å². The highest BCUT2D eigenvalue weighted by atomic mass is 16.5. The first-order chi connectivity index (χ1) is 34.6. The number of hydrogen-bond donors (Lipinski definition) is 0. The van der Waals surface area contributed by atoms with Crippen LogP contribution in [0, 0.1) is 0 Å². The van der Waals surface area contributed by atoms with Gasteiger partial charge in [-0.25, -0.2) is 15.0 Å². The fraction of sp³-hybridized carbons (Fsp3) is 0.0469. The molecular weight excluding hydrogens is 855 g/mol. The van der Waals surface area contributed by atoms with E-state index in [2.05, 4.69) is 216 Å². The summed E-state index contributed by atoms with van der Waals surface area (Å²) >= 11 is 0. The molecule has 0 N–H and O–H groups in total. The third kappa shape index (κ3) is 6.30. The van der Waals surface area contributed by atoms with Crippen LogP contribution >= 0.6 is 0 Å². The van der Waals surface area contributed by atoms with Gasteiger partial charge in [0.15, 0.2) is 11.6 Å². The van der Waals surface area contributed by atoms with Crippen LogP contribution in [0.1, 0.15) is 24.2 Å². The highest BCUT2D eigenvalue weighted by Gasteiger charge is 2.47. The molecule has 0 amide bonds. The Bertz CT molecular complexity index is 4040. The van der Waals surface area contributed by atoms with Crippen LogP contribution in [-0.2, 0) is 5.41 Å². The molecule has 6 heteroatoms. The Labute approximate surface area is 404 Å². The largest absolute Gasteiger partial charge is 0.461 e. The van der Waals surface area contributed by atoms with E-state index in [9.17, 15) is 0 Å². The highest BCUT2D eigenvalue weighted by Crippen LogP contribution is 2.54. The van der Waals surface area contributed by atoms with Crippen LogP contribution in [0.4, 0.5) is 0 Å². The van der Waals surface area contributed by atoms with Crippen molar-refractivity contribution in [2.45, 2.75) is 18.3 Å². The number of para-hydroxylation sites is 3. The van der Waals surface area contributed by atoms with E-state index in [1.165, 1.54) is 43.7 Å². The maximum absolute atomic E-state index is 6.68. The second-order valence-corrected chi connectivity index (χ2v) is 18.6. The van der Waals surface area contributed by atoms with Crippen molar-refractivity contribution in [1.82, 2.24) is 24.1 Å². The van der Waals surface area contributed by atoms with Crippen molar-refractivity contribution in [2.75, 3.05) is 0 Å². The Hall–Kier alpha value is -9.13. The fourth-order valence-electron chi connectivity index (χ4n) is 11.1. The Kier molecular flexibility index (Phi) is 8.98. The van der Waals surface area contributed by atoms with Gasteiger partial charge in [0.25, 0.3) is 0 Å². The molecule has 2 atom stereocenters. The van der Waals surface area contributed by atoms with Gasteiger partial charge in [0.1, 0.15) is 17.3 Å². The predicted molar refractivity (Wildman–Crippen MR) is 285 cm³/mol. The summed E-state index contributed by atoms with van der Waals surface area (Å²) in [6, 6.07) is 77.8. The zero-order valence-corrected chi connectivity index (χ0v) is 38.2. The summed E-state index contributed by atoms with van der Waals surface area (Å²) in [5, 5.41) is 4.89. The van der Waals surface area contributed by atoms with E-state index in [4.69, 9.17) is 19.7 Å². The molecule has 3 aromatic heterocycles. The van der Waals surface area contributed by atoms with Crippen molar-refractivity contribution < 1.29 is 4.74 Å². The SMILES string of the molecule is CC1(c2nc(-c3ccccc3)nc(-c3ccccc3)n2)C=CC=C2Oc3ccc(-c4ccc5c6cc(-c7ccc8c(c7)c7ccccc7n8-c7ccccc7)ccc6n(-c6ccccc6)c5c4)cc3C21. The van der Waals surface area contributed by atoms with Crippen molar-refractivity contribution >= 4 is 43.6 Å². The van der Waals surface area contributed by atoms with Gasteiger partial charge >= 0.3 is 0 Å². The van der Waals surface area contributed by atoms with Gasteiger partial charge in [0.2, 0.25) is 0 Å². The van der Waals surface area contributed by atoms with Crippen LogP contribution in [0.15, 0.2) is 242 Å². The van der Waals surface area contributed by atoms with Crippen LogP contribution in [-0.4, -0.2) is 24.1 Å². The molecule has 70 heavy (non-hydrogen) atoms. The summed E-state index contributed by atoms with van der Waals surface area (Å²) in [7, 11) is 0. The average molecular weight is 898 g/mol. The Balaban J connectivity index is 0.885.